The second kappa shape index (κ2) is 13.4. The van der Waals surface area contributed by atoms with Crippen LogP contribution in [-0.4, -0.2) is 4.57 Å². The monoisotopic (exact) mass is 698 g/mol. The third-order valence-electron chi connectivity index (χ3n) is 9.91. The number of rotatable bonds is 7. The number of aromatic nitrogens is 1. The molecule has 0 saturated carbocycles. The maximum Gasteiger partial charge on any atom is 0.0629 e. The Morgan fingerprint density at radius 2 is 0.981 bits per heavy atom. The summed E-state index contributed by atoms with van der Waals surface area (Å²) in [7, 11) is 0. The number of nitrogens with zero attached hydrogens (tertiary/aromatic N) is 2. The second-order valence-electron chi connectivity index (χ2n) is 13.1. The summed E-state index contributed by atoms with van der Waals surface area (Å²) in [6, 6.07) is 47.2. The molecule has 0 aliphatic rings. The van der Waals surface area contributed by atoms with Crippen molar-refractivity contribution in [2.24, 2.45) is 0 Å². The second-order valence-corrected chi connectivity index (χ2v) is 13.1. The van der Waals surface area contributed by atoms with Crippen molar-refractivity contribution in [2.45, 2.75) is 0 Å². The molecular formula is C52H36N2. The summed E-state index contributed by atoms with van der Waals surface area (Å²) < 4.78 is 88.6. The van der Waals surface area contributed by atoms with Crippen molar-refractivity contribution in [2.75, 3.05) is 4.90 Å². The molecule has 0 aliphatic heterocycles. The fraction of sp³-hybridized carbons (Fsp3) is 0. The van der Waals surface area contributed by atoms with Gasteiger partial charge in [-0.05, 0) is 105 Å². The van der Waals surface area contributed by atoms with Gasteiger partial charge in [-0.1, -0.05) is 157 Å². The lowest BCUT2D eigenvalue weighted by Gasteiger charge is -2.27. The molecule has 0 saturated heterocycles. The van der Waals surface area contributed by atoms with E-state index in [-0.39, 0.29) is 22.3 Å². The molecule has 1 heterocycles. The third-order valence-corrected chi connectivity index (χ3v) is 9.91. The van der Waals surface area contributed by atoms with E-state index in [4.69, 9.17) is 13.7 Å². The molecular weight excluding hydrogens is 653 g/mol. The minimum atomic E-state index is -0.543. The van der Waals surface area contributed by atoms with E-state index < -0.39 is 60.4 Å². The van der Waals surface area contributed by atoms with Gasteiger partial charge in [-0.15, -0.1) is 0 Å². The first kappa shape index (κ1) is 22.7. The first-order chi connectivity index (χ1) is 30.9. The zero-order valence-corrected chi connectivity index (χ0v) is 28.9. The lowest BCUT2D eigenvalue weighted by atomic mass is 9.97. The Bertz CT molecular complexity index is 3360. The quantitative estimate of drug-likeness (QED) is 0.161. The van der Waals surface area contributed by atoms with Crippen molar-refractivity contribution in [3.8, 4) is 39.1 Å². The highest BCUT2D eigenvalue weighted by Crippen LogP contribution is 2.42. The molecule has 1 aromatic heterocycles. The predicted molar refractivity (Wildman–Crippen MR) is 229 cm³/mol. The summed E-state index contributed by atoms with van der Waals surface area (Å²) in [5, 5.41) is 4.41. The molecule has 0 spiro atoms. The maximum atomic E-state index is 8.93. The van der Waals surface area contributed by atoms with Gasteiger partial charge in [0.1, 0.15) is 0 Å². The maximum absolute atomic E-state index is 8.93. The van der Waals surface area contributed by atoms with Crippen LogP contribution < -0.4 is 4.90 Å². The van der Waals surface area contributed by atoms with Crippen LogP contribution >= 0.6 is 0 Å². The number of para-hydroxylation sites is 2. The molecule has 2 heteroatoms. The molecule has 10 rings (SSSR count). The largest absolute Gasteiger partial charge is 0.310 e. The predicted octanol–water partition coefficient (Wildman–Crippen LogP) is 14.4. The van der Waals surface area contributed by atoms with Crippen LogP contribution in [0.5, 0.6) is 0 Å². The summed E-state index contributed by atoms with van der Waals surface area (Å²) in [5.74, 6) is 0. The van der Waals surface area contributed by atoms with Crippen molar-refractivity contribution in [1.82, 2.24) is 4.57 Å². The van der Waals surface area contributed by atoms with E-state index in [2.05, 4.69) is 89.5 Å². The lowest BCUT2D eigenvalue weighted by molar-refractivity contribution is 1.18. The van der Waals surface area contributed by atoms with Crippen LogP contribution in [0.1, 0.15) is 13.7 Å². The van der Waals surface area contributed by atoms with Gasteiger partial charge in [0.2, 0.25) is 0 Å². The average Bonchev–Trinajstić information content (AvgIpc) is 3.65. The van der Waals surface area contributed by atoms with Gasteiger partial charge in [0.15, 0.2) is 0 Å². The number of anilines is 3. The molecule has 54 heavy (non-hydrogen) atoms. The van der Waals surface area contributed by atoms with E-state index in [9.17, 15) is 0 Å². The molecule has 0 amide bonds. The molecule has 0 radical (unpaired) electrons. The van der Waals surface area contributed by atoms with Crippen LogP contribution in [0.2, 0.25) is 0 Å². The van der Waals surface area contributed by atoms with E-state index in [1.807, 2.05) is 59.5 Å². The number of hydrogen-bond donors (Lipinski definition) is 0. The first-order valence-corrected chi connectivity index (χ1v) is 17.7. The van der Waals surface area contributed by atoms with E-state index in [1.165, 1.54) is 16.8 Å². The van der Waals surface area contributed by atoms with E-state index in [0.717, 1.165) is 38.6 Å². The Balaban J connectivity index is 1.22. The van der Waals surface area contributed by atoms with Crippen LogP contribution in [0.3, 0.4) is 0 Å². The van der Waals surface area contributed by atoms with Crippen LogP contribution in [0, 0.1) is 0 Å². The van der Waals surface area contributed by atoms with E-state index in [1.54, 1.807) is 12.1 Å². The van der Waals surface area contributed by atoms with Crippen molar-refractivity contribution >= 4 is 49.6 Å². The highest BCUT2D eigenvalue weighted by Gasteiger charge is 2.19. The van der Waals surface area contributed by atoms with Crippen LogP contribution in [0.4, 0.5) is 17.1 Å². The topological polar surface area (TPSA) is 8.17 Å². The smallest absolute Gasteiger partial charge is 0.0629 e. The Labute approximate surface area is 329 Å². The summed E-state index contributed by atoms with van der Waals surface area (Å²) in [5.41, 5.74) is 7.22. The fourth-order valence-electron chi connectivity index (χ4n) is 7.49. The van der Waals surface area contributed by atoms with Gasteiger partial charge >= 0.3 is 0 Å². The van der Waals surface area contributed by atoms with Crippen molar-refractivity contribution in [1.29, 1.82) is 0 Å². The van der Waals surface area contributed by atoms with Gasteiger partial charge in [-0.25, -0.2) is 0 Å². The van der Waals surface area contributed by atoms with Crippen molar-refractivity contribution in [3.05, 3.63) is 218 Å². The zero-order chi connectivity index (χ0) is 44.6. The summed E-state index contributed by atoms with van der Waals surface area (Å²) in [4.78, 5) is 1.96. The summed E-state index contributed by atoms with van der Waals surface area (Å²) >= 11 is 0. The van der Waals surface area contributed by atoms with E-state index in [0.29, 0.717) is 17.1 Å². The fourth-order valence-corrected chi connectivity index (χ4v) is 7.49. The normalized spacial score (nSPS) is 13.9. The molecule has 9 aromatic carbocycles. The van der Waals surface area contributed by atoms with Gasteiger partial charge in [0.25, 0.3) is 0 Å². The SMILES string of the molecule is [2H]c1c([2H])c([2H])c(-c2cc(-c3c([2H])c([2H])c([2H])c([2H])c3[2H])cc(N(c3ccccc3)c3ccc4c5ccccc5n(-c5ccc(-c6cccc7ccccc67)cc5)c4c3)c2)c([2H])c1[2H]. The Hall–Kier alpha value is -7.16. The zero-order valence-electron chi connectivity index (χ0n) is 38.9. The molecule has 0 bridgehead atoms. The van der Waals surface area contributed by atoms with Gasteiger partial charge in [-0.2, -0.15) is 0 Å². The highest BCUT2D eigenvalue weighted by atomic mass is 15.1. The number of benzene rings is 9. The molecule has 2 nitrogen and oxygen atoms in total. The number of fused-ring (bicyclic) bond motifs is 4. The molecule has 0 unspecified atom stereocenters. The Morgan fingerprint density at radius 1 is 0.370 bits per heavy atom. The van der Waals surface area contributed by atoms with Gasteiger partial charge in [0, 0.05) is 33.5 Å². The van der Waals surface area contributed by atoms with Gasteiger partial charge in [0.05, 0.1) is 24.7 Å². The standard InChI is InChI=1S/C52H36N2/c1-4-15-37(16-5-1)41-33-42(38-17-6-2-7-18-38)35-46(34-41)53(43-21-8-3-9-22-43)45-31-32-50-49-24-12-13-26-51(49)54(52(50)36-45)44-29-27-40(28-30-44)48-25-14-20-39-19-10-11-23-47(39)48/h1-36H/i1D,2D,4D,5D,6D,7D,15D,16D,17D,18D. The average molecular weight is 699 g/mol. The van der Waals surface area contributed by atoms with Crippen molar-refractivity contribution in [3.63, 3.8) is 0 Å². The van der Waals surface area contributed by atoms with Gasteiger partial charge in [-0.3, -0.25) is 0 Å². The Morgan fingerprint density at radius 3 is 1.70 bits per heavy atom. The third kappa shape index (κ3) is 5.62. The van der Waals surface area contributed by atoms with Crippen LogP contribution in [0.25, 0.3) is 71.6 Å². The van der Waals surface area contributed by atoms with Crippen LogP contribution in [0.15, 0.2) is 218 Å². The number of hydrogen-bond acceptors (Lipinski definition) is 1. The lowest BCUT2D eigenvalue weighted by Crippen LogP contribution is -2.10. The van der Waals surface area contributed by atoms with E-state index >= 15 is 0 Å². The minimum absolute atomic E-state index is 0.0861. The van der Waals surface area contributed by atoms with Crippen molar-refractivity contribution < 1.29 is 13.7 Å². The highest BCUT2D eigenvalue weighted by molar-refractivity contribution is 6.10. The first-order valence-electron chi connectivity index (χ1n) is 22.7. The Kier molecular flexibility index (Phi) is 5.65. The van der Waals surface area contributed by atoms with Crippen LogP contribution in [-0.2, 0) is 0 Å². The molecule has 0 fully saturated rings. The molecule has 0 N–H and O–H groups in total. The minimum Gasteiger partial charge on any atom is -0.310 e. The summed E-state index contributed by atoms with van der Waals surface area (Å²) in [6.07, 6.45) is 0. The molecule has 0 atom stereocenters. The van der Waals surface area contributed by atoms with Gasteiger partial charge < -0.3 is 9.47 Å². The molecule has 0 aliphatic carbocycles. The molecule has 10 aromatic rings. The molecule has 254 valence electrons. The summed E-state index contributed by atoms with van der Waals surface area (Å²) in [6.45, 7) is 0.